The molecule has 10 heteroatoms. The molecule has 1 nitrogen and oxygen atoms in total. The predicted molar refractivity (Wildman–Crippen MR) is 25.8 cm³/mol. The molecule has 90 valence electrons. The van der Waals surface area contributed by atoms with E-state index in [-0.39, 0.29) is 0 Å². The van der Waals surface area contributed by atoms with Crippen molar-refractivity contribution in [3.8, 4) is 0 Å². The Kier molecular flexibility index (Phi) is 2.24. The minimum atomic E-state index is -6.71. The third-order valence-corrected chi connectivity index (χ3v) is 1.69. The van der Waals surface area contributed by atoms with E-state index in [1.807, 2.05) is 0 Å². The summed E-state index contributed by atoms with van der Waals surface area (Å²) in [6, 6.07) is 0. The Balaban J connectivity index is 3.06. The van der Waals surface area contributed by atoms with E-state index in [0.717, 1.165) is 0 Å². The summed E-state index contributed by atoms with van der Waals surface area (Å²) in [5.41, 5.74) is 0. The highest BCUT2D eigenvalue weighted by Gasteiger charge is 2.89. The quantitative estimate of drug-likeness (QED) is 0.540. The van der Waals surface area contributed by atoms with Crippen LogP contribution in [0.5, 0.6) is 0 Å². The second-order valence-corrected chi connectivity index (χ2v) is 2.73. The SMILES string of the molecule is FC1OC1(F)C(F)(F)C(F)(F)C(F)(F)F. The van der Waals surface area contributed by atoms with Gasteiger partial charge < -0.3 is 0 Å². The van der Waals surface area contributed by atoms with Gasteiger partial charge in [-0.2, -0.15) is 35.1 Å². The fraction of sp³-hybridized carbons (Fsp3) is 1.00. The van der Waals surface area contributed by atoms with Crippen LogP contribution in [0.25, 0.3) is 0 Å². The summed E-state index contributed by atoms with van der Waals surface area (Å²) in [7, 11) is 0. The van der Waals surface area contributed by atoms with Crippen molar-refractivity contribution in [3.05, 3.63) is 0 Å². The second kappa shape index (κ2) is 2.71. The van der Waals surface area contributed by atoms with Gasteiger partial charge in [-0.05, 0) is 0 Å². The molecular weight excluding hydrogens is 247 g/mol. The van der Waals surface area contributed by atoms with Crippen molar-refractivity contribution in [2.24, 2.45) is 0 Å². The van der Waals surface area contributed by atoms with E-state index < -0.39 is 30.2 Å². The van der Waals surface area contributed by atoms with Crippen molar-refractivity contribution in [1.82, 2.24) is 0 Å². The van der Waals surface area contributed by atoms with E-state index in [4.69, 9.17) is 0 Å². The molecule has 0 spiro atoms. The molecule has 0 aromatic rings. The molecule has 1 saturated heterocycles. The van der Waals surface area contributed by atoms with Crippen molar-refractivity contribution in [2.45, 2.75) is 30.2 Å². The average molecular weight is 248 g/mol. The van der Waals surface area contributed by atoms with Gasteiger partial charge in [0.1, 0.15) is 0 Å². The lowest BCUT2D eigenvalue weighted by atomic mass is 10.1. The Morgan fingerprint density at radius 1 is 0.933 bits per heavy atom. The Morgan fingerprint density at radius 3 is 1.47 bits per heavy atom. The van der Waals surface area contributed by atoms with Crippen LogP contribution < -0.4 is 0 Å². The first-order chi connectivity index (χ1) is 6.38. The molecule has 2 atom stereocenters. The molecular formula is C5HF9O. The Bertz CT molecular complexity index is 270. The minimum absolute atomic E-state index is 2.79. The van der Waals surface area contributed by atoms with Gasteiger partial charge in [0.2, 0.25) is 0 Å². The molecule has 1 heterocycles. The normalized spacial score (nSPS) is 33.0. The zero-order valence-electron chi connectivity index (χ0n) is 6.39. The number of epoxide rings is 1. The summed E-state index contributed by atoms with van der Waals surface area (Å²) in [4.78, 5) is 0. The maximum atomic E-state index is 12.4. The maximum absolute atomic E-state index is 12.4. The fourth-order valence-electron chi connectivity index (χ4n) is 0.725. The molecule has 1 aliphatic heterocycles. The van der Waals surface area contributed by atoms with E-state index in [1.165, 1.54) is 0 Å². The van der Waals surface area contributed by atoms with Gasteiger partial charge in [0.25, 0.3) is 6.36 Å². The second-order valence-electron chi connectivity index (χ2n) is 2.73. The lowest BCUT2D eigenvalue weighted by Crippen LogP contribution is -2.58. The van der Waals surface area contributed by atoms with Gasteiger partial charge in [0, 0.05) is 0 Å². The minimum Gasteiger partial charge on any atom is -0.296 e. The molecule has 1 rings (SSSR count). The zero-order chi connectivity index (χ0) is 12.3. The molecule has 0 saturated carbocycles. The summed E-state index contributed by atoms with van der Waals surface area (Å²) >= 11 is 0. The number of halogens is 9. The molecule has 0 N–H and O–H groups in total. The highest BCUT2D eigenvalue weighted by atomic mass is 19.4. The number of alkyl halides is 9. The molecule has 0 amide bonds. The first-order valence-corrected chi connectivity index (χ1v) is 3.21. The molecule has 0 aromatic heterocycles. The van der Waals surface area contributed by atoms with Crippen molar-refractivity contribution in [1.29, 1.82) is 0 Å². The standard InChI is InChI=1S/C5HF9O/c6-1-2(7,15-1)3(8,9)4(10,11)5(12,13)14/h1H. The van der Waals surface area contributed by atoms with Gasteiger partial charge in [-0.25, -0.2) is 4.39 Å². The summed E-state index contributed by atoms with van der Waals surface area (Å²) in [6.07, 6.45) is -10.2. The van der Waals surface area contributed by atoms with E-state index >= 15 is 0 Å². The van der Waals surface area contributed by atoms with Gasteiger partial charge in [-0.15, -0.1) is 0 Å². The summed E-state index contributed by atoms with van der Waals surface area (Å²) in [5.74, 6) is -18.0. The molecule has 1 fully saturated rings. The number of rotatable bonds is 2. The average Bonchev–Trinajstić information content (AvgIpc) is 2.58. The molecule has 2 unspecified atom stereocenters. The van der Waals surface area contributed by atoms with Crippen molar-refractivity contribution in [3.63, 3.8) is 0 Å². The van der Waals surface area contributed by atoms with Gasteiger partial charge in [-0.1, -0.05) is 0 Å². The smallest absolute Gasteiger partial charge is 0.296 e. The van der Waals surface area contributed by atoms with Gasteiger partial charge in [0.05, 0.1) is 0 Å². The van der Waals surface area contributed by atoms with E-state index in [9.17, 15) is 39.5 Å². The van der Waals surface area contributed by atoms with Crippen LogP contribution in [0.2, 0.25) is 0 Å². The lowest BCUT2D eigenvalue weighted by Gasteiger charge is -2.28. The van der Waals surface area contributed by atoms with Crippen LogP contribution in [0, 0.1) is 0 Å². The first-order valence-electron chi connectivity index (χ1n) is 3.21. The van der Waals surface area contributed by atoms with Gasteiger partial charge in [0.15, 0.2) is 0 Å². The van der Waals surface area contributed by atoms with Crippen molar-refractivity contribution in [2.75, 3.05) is 0 Å². The van der Waals surface area contributed by atoms with Gasteiger partial charge in [-0.3, -0.25) is 4.74 Å². The van der Waals surface area contributed by atoms with E-state index in [1.54, 1.807) is 0 Å². The topological polar surface area (TPSA) is 12.5 Å². The van der Waals surface area contributed by atoms with Crippen LogP contribution in [-0.4, -0.2) is 30.2 Å². The van der Waals surface area contributed by atoms with Crippen LogP contribution in [0.1, 0.15) is 0 Å². The highest BCUT2D eigenvalue weighted by Crippen LogP contribution is 2.60. The molecule has 0 aromatic carbocycles. The summed E-state index contributed by atoms with van der Waals surface area (Å²) in [6.45, 7) is 0. The third kappa shape index (κ3) is 1.37. The van der Waals surface area contributed by atoms with Crippen LogP contribution >= 0.6 is 0 Å². The summed E-state index contributed by atoms with van der Waals surface area (Å²) < 4.78 is 110. The Labute approximate surface area is 75.8 Å². The molecule has 0 aliphatic carbocycles. The summed E-state index contributed by atoms with van der Waals surface area (Å²) in [5, 5.41) is 0. The first kappa shape index (κ1) is 12.4. The van der Waals surface area contributed by atoms with Crippen molar-refractivity contribution < 1.29 is 44.3 Å². The monoisotopic (exact) mass is 248 g/mol. The number of hydrogen-bond acceptors (Lipinski definition) is 1. The number of hydrogen-bond donors (Lipinski definition) is 0. The van der Waals surface area contributed by atoms with Crippen molar-refractivity contribution >= 4 is 0 Å². The lowest BCUT2D eigenvalue weighted by molar-refractivity contribution is -0.378. The van der Waals surface area contributed by atoms with Crippen LogP contribution in [0.4, 0.5) is 39.5 Å². The number of ether oxygens (including phenoxy) is 1. The van der Waals surface area contributed by atoms with Crippen LogP contribution in [0.3, 0.4) is 0 Å². The third-order valence-electron chi connectivity index (χ3n) is 1.69. The van der Waals surface area contributed by atoms with Gasteiger partial charge >= 0.3 is 23.9 Å². The Hall–Kier alpha value is -0.670. The fourth-order valence-corrected chi connectivity index (χ4v) is 0.725. The van der Waals surface area contributed by atoms with Crippen LogP contribution in [-0.2, 0) is 4.74 Å². The largest absolute Gasteiger partial charge is 0.460 e. The highest BCUT2D eigenvalue weighted by molar-refractivity contribution is 5.08. The molecule has 1 aliphatic rings. The van der Waals surface area contributed by atoms with E-state index in [0.29, 0.717) is 0 Å². The predicted octanol–water partition coefficient (Wildman–Crippen LogP) is 2.81. The molecule has 15 heavy (non-hydrogen) atoms. The Morgan fingerprint density at radius 2 is 1.27 bits per heavy atom. The molecule has 0 radical (unpaired) electrons. The van der Waals surface area contributed by atoms with E-state index in [2.05, 4.69) is 4.74 Å². The maximum Gasteiger partial charge on any atom is 0.460 e. The zero-order valence-corrected chi connectivity index (χ0v) is 6.39. The van der Waals surface area contributed by atoms with Crippen LogP contribution in [0.15, 0.2) is 0 Å². The molecule has 0 bridgehead atoms.